The molecule has 0 spiro atoms. The largest absolute Gasteiger partial charge is 0.319 e. The van der Waals surface area contributed by atoms with Crippen LogP contribution in [0.4, 0.5) is 0 Å². The molecule has 0 aromatic carbocycles. The van der Waals surface area contributed by atoms with Crippen LogP contribution in [0.3, 0.4) is 0 Å². The normalized spacial score (nSPS) is 12.9. The standard InChI is InChI=1S/C13H16N6/c1-10(13-17-15-9-18(13)2)14-7-11-8-16-19-6-4-3-5-12(11)19/h3-6,8-10,14H,7H2,1-2H3. The number of aryl methyl sites for hydroxylation is 1. The second-order valence-electron chi connectivity index (χ2n) is 4.60. The highest BCUT2D eigenvalue weighted by Gasteiger charge is 2.11. The minimum atomic E-state index is 0.145. The SMILES string of the molecule is CC(NCc1cnn2ccccc12)c1nncn1C. The van der Waals surface area contributed by atoms with Gasteiger partial charge in [-0.2, -0.15) is 5.10 Å². The van der Waals surface area contributed by atoms with Crippen molar-refractivity contribution in [1.29, 1.82) is 0 Å². The molecule has 0 saturated carbocycles. The van der Waals surface area contributed by atoms with Gasteiger partial charge in [0.2, 0.25) is 0 Å². The van der Waals surface area contributed by atoms with Crippen molar-refractivity contribution in [3.63, 3.8) is 0 Å². The molecule has 19 heavy (non-hydrogen) atoms. The van der Waals surface area contributed by atoms with Gasteiger partial charge in [0.25, 0.3) is 0 Å². The van der Waals surface area contributed by atoms with E-state index in [1.165, 1.54) is 5.56 Å². The lowest BCUT2D eigenvalue weighted by Gasteiger charge is -2.12. The zero-order valence-electron chi connectivity index (χ0n) is 11.0. The lowest BCUT2D eigenvalue weighted by Crippen LogP contribution is -2.21. The highest BCUT2D eigenvalue weighted by Crippen LogP contribution is 2.12. The molecule has 0 amide bonds. The first-order valence-electron chi connectivity index (χ1n) is 6.24. The van der Waals surface area contributed by atoms with Crippen LogP contribution < -0.4 is 5.32 Å². The first-order valence-corrected chi connectivity index (χ1v) is 6.24. The van der Waals surface area contributed by atoms with Crippen LogP contribution in [-0.4, -0.2) is 24.4 Å². The van der Waals surface area contributed by atoms with E-state index in [0.717, 1.165) is 17.9 Å². The first kappa shape index (κ1) is 11.9. The Morgan fingerprint density at radius 2 is 2.26 bits per heavy atom. The highest BCUT2D eigenvalue weighted by atomic mass is 15.3. The molecule has 0 bridgehead atoms. The van der Waals surface area contributed by atoms with Crippen LogP contribution >= 0.6 is 0 Å². The third-order valence-corrected chi connectivity index (χ3v) is 3.24. The summed E-state index contributed by atoms with van der Waals surface area (Å²) in [5.74, 6) is 0.927. The Kier molecular flexibility index (Phi) is 3.00. The number of nitrogens with one attached hydrogen (secondary N) is 1. The Bertz CT molecular complexity index is 683. The maximum absolute atomic E-state index is 4.32. The predicted octanol–water partition coefficient (Wildman–Crippen LogP) is 1.31. The summed E-state index contributed by atoms with van der Waals surface area (Å²) in [4.78, 5) is 0. The van der Waals surface area contributed by atoms with Crippen LogP contribution in [0.5, 0.6) is 0 Å². The lowest BCUT2D eigenvalue weighted by molar-refractivity contribution is 0.529. The maximum atomic E-state index is 4.32. The van der Waals surface area contributed by atoms with E-state index in [0.29, 0.717) is 0 Å². The van der Waals surface area contributed by atoms with Crippen LogP contribution in [0, 0.1) is 0 Å². The van der Waals surface area contributed by atoms with Crippen molar-refractivity contribution in [3.8, 4) is 0 Å². The third kappa shape index (κ3) is 2.22. The zero-order valence-corrected chi connectivity index (χ0v) is 11.0. The quantitative estimate of drug-likeness (QED) is 0.764. The molecule has 0 fully saturated rings. The van der Waals surface area contributed by atoms with Crippen LogP contribution in [0.15, 0.2) is 36.9 Å². The number of nitrogens with zero attached hydrogens (tertiary/aromatic N) is 5. The topological polar surface area (TPSA) is 60.0 Å². The number of fused-ring (bicyclic) bond motifs is 1. The van der Waals surface area contributed by atoms with Gasteiger partial charge in [-0.15, -0.1) is 10.2 Å². The third-order valence-electron chi connectivity index (χ3n) is 3.24. The summed E-state index contributed by atoms with van der Waals surface area (Å²) < 4.78 is 3.80. The monoisotopic (exact) mass is 256 g/mol. The van der Waals surface area contributed by atoms with E-state index >= 15 is 0 Å². The summed E-state index contributed by atoms with van der Waals surface area (Å²) in [5, 5.41) is 15.8. The van der Waals surface area contributed by atoms with Crippen molar-refractivity contribution < 1.29 is 0 Å². The van der Waals surface area contributed by atoms with Gasteiger partial charge in [-0.25, -0.2) is 4.52 Å². The van der Waals surface area contributed by atoms with Gasteiger partial charge in [0.1, 0.15) is 12.2 Å². The van der Waals surface area contributed by atoms with E-state index in [2.05, 4.69) is 33.6 Å². The Morgan fingerprint density at radius 1 is 1.37 bits per heavy atom. The van der Waals surface area contributed by atoms with Gasteiger partial charge in [-0.05, 0) is 19.1 Å². The summed E-state index contributed by atoms with van der Waals surface area (Å²) >= 11 is 0. The van der Waals surface area contributed by atoms with E-state index in [1.807, 2.05) is 40.7 Å². The molecule has 1 N–H and O–H groups in total. The molecule has 3 aromatic heterocycles. The van der Waals surface area contributed by atoms with E-state index in [9.17, 15) is 0 Å². The minimum absolute atomic E-state index is 0.145. The van der Waals surface area contributed by atoms with Gasteiger partial charge in [0, 0.05) is 25.4 Å². The van der Waals surface area contributed by atoms with Crippen molar-refractivity contribution in [2.24, 2.45) is 7.05 Å². The van der Waals surface area contributed by atoms with Crippen LogP contribution in [-0.2, 0) is 13.6 Å². The molecule has 0 saturated heterocycles. The molecule has 0 aliphatic heterocycles. The fraction of sp³-hybridized carbons (Fsp3) is 0.308. The molecular formula is C13H16N6. The number of rotatable bonds is 4. The van der Waals surface area contributed by atoms with Crippen molar-refractivity contribution in [2.75, 3.05) is 0 Å². The predicted molar refractivity (Wildman–Crippen MR) is 71.4 cm³/mol. The molecule has 6 heteroatoms. The van der Waals surface area contributed by atoms with Crippen molar-refractivity contribution in [1.82, 2.24) is 29.7 Å². The van der Waals surface area contributed by atoms with E-state index in [1.54, 1.807) is 6.33 Å². The van der Waals surface area contributed by atoms with Crippen LogP contribution in [0.2, 0.25) is 0 Å². The number of hydrogen-bond donors (Lipinski definition) is 1. The fourth-order valence-corrected chi connectivity index (χ4v) is 2.16. The van der Waals surface area contributed by atoms with Crippen LogP contribution in [0.1, 0.15) is 24.4 Å². The van der Waals surface area contributed by atoms with Gasteiger partial charge in [-0.1, -0.05) is 6.07 Å². The second kappa shape index (κ2) is 4.81. The maximum Gasteiger partial charge on any atom is 0.149 e. The minimum Gasteiger partial charge on any atom is -0.319 e. The summed E-state index contributed by atoms with van der Waals surface area (Å²) in [6.07, 6.45) is 5.56. The summed E-state index contributed by atoms with van der Waals surface area (Å²) in [7, 11) is 1.95. The van der Waals surface area contributed by atoms with E-state index < -0.39 is 0 Å². The zero-order chi connectivity index (χ0) is 13.2. The Labute approximate surface area is 111 Å². The number of pyridine rings is 1. The van der Waals surface area contributed by atoms with Gasteiger partial charge in [0.05, 0.1) is 17.8 Å². The van der Waals surface area contributed by atoms with Crippen molar-refractivity contribution in [3.05, 3.63) is 48.3 Å². The molecule has 6 nitrogen and oxygen atoms in total. The molecule has 0 aliphatic rings. The number of aromatic nitrogens is 5. The Morgan fingerprint density at radius 3 is 3.05 bits per heavy atom. The number of hydrogen-bond acceptors (Lipinski definition) is 4. The molecule has 98 valence electrons. The second-order valence-corrected chi connectivity index (χ2v) is 4.60. The molecule has 1 unspecified atom stereocenters. The molecule has 0 radical (unpaired) electrons. The molecule has 3 heterocycles. The van der Waals surface area contributed by atoms with E-state index in [-0.39, 0.29) is 6.04 Å². The van der Waals surface area contributed by atoms with E-state index in [4.69, 9.17) is 0 Å². The van der Waals surface area contributed by atoms with Crippen molar-refractivity contribution in [2.45, 2.75) is 19.5 Å². The van der Waals surface area contributed by atoms with Crippen LogP contribution in [0.25, 0.3) is 5.52 Å². The van der Waals surface area contributed by atoms with Gasteiger partial charge < -0.3 is 9.88 Å². The van der Waals surface area contributed by atoms with Gasteiger partial charge >= 0.3 is 0 Å². The first-order chi connectivity index (χ1) is 9.25. The average molecular weight is 256 g/mol. The lowest BCUT2D eigenvalue weighted by atomic mass is 10.2. The highest BCUT2D eigenvalue weighted by molar-refractivity contribution is 5.53. The Hall–Kier alpha value is -2.21. The van der Waals surface area contributed by atoms with Gasteiger partial charge in [-0.3, -0.25) is 0 Å². The average Bonchev–Trinajstić information content (AvgIpc) is 3.02. The fourth-order valence-electron chi connectivity index (χ4n) is 2.16. The summed E-state index contributed by atoms with van der Waals surface area (Å²) in [5.41, 5.74) is 2.30. The molecule has 3 rings (SSSR count). The molecule has 3 aromatic rings. The summed E-state index contributed by atoms with van der Waals surface area (Å²) in [6, 6.07) is 6.20. The van der Waals surface area contributed by atoms with Gasteiger partial charge in [0.15, 0.2) is 0 Å². The van der Waals surface area contributed by atoms with Crippen molar-refractivity contribution >= 4 is 5.52 Å². The molecule has 0 aliphatic carbocycles. The Balaban J connectivity index is 1.74. The molecular weight excluding hydrogens is 240 g/mol. The smallest absolute Gasteiger partial charge is 0.149 e. The molecule has 1 atom stereocenters. The summed E-state index contributed by atoms with van der Waals surface area (Å²) in [6.45, 7) is 2.83.